The molecule has 1 aliphatic rings. The van der Waals surface area contributed by atoms with E-state index in [2.05, 4.69) is 20.1 Å². The summed E-state index contributed by atoms with van der Waals surface area (Å²) in [7, 11) is 0. The fourth-order valence-corrected chi connectivity index (χ4v) is 3.15. The molecule has 3 rings (SSSR count). The molecule has 0 unspecified atom stereocenters. The molecule has 0 radical (unpaired) electrons. The number of anilines is 1. The van der Waals surface area contributed by atoms with Crippen LogP contribution in [-0.2, 0) is 0 Å². The zero-order valence-corrected chi connectivity index (χ0v) is 11.1. The standard InChI is InChI=1S/C13H18N4S/c14-10-6-4-9(5-7-10)8-15-11-2-1-3-12-13(11)17-18-16-12/h1-3,9-10,15H,4-8,14H2. The van der Waals surface area contributed by atoms with Crippen molar-refractivity contribution in [2.24, 2.45) is 11.7 Å². The molecule has 1 aliphatic carbocycles. The molecular formula is C13H18N4S. The van der Waals surface area contributed by atoms with Crippen molar-refractivity contribution < 1.29 is 0 Å². The lowest BCUT2D eigenvalue weighted by Gasteiger charge is -2.26. The van der Waals surface area contributed by atoms with Crippen molar-refractivity contribution in [1.82, 2.24) is 8.75 Å². The van der Waals surface area contributed by atoms with Crippen LogP contribution in [0.5, 0.6) is 0 Å². The molecular weight excluding hydrogens is 244 g/mol. The van der Waals surface area contributed by atoms with Gasteiger partial charge in [0.25, 0.3) is 0 Å². The number of benzene rings is 1. The van der Waals surface area contributed by atoms with Crippen LogP contribution < -0.4 is 11.1 Å². The Kier molecular flexibility index (Phi) is 3.43. The SMILES string of the molecule is NC1CCC(CNc2cccc3nsnc23)CC1. The first-order chi connectivity index (χ1) is 8.83. The summed E-state index contributed by atoms with van der Waals surface area (Å²) in [6.45, 7) is 1.02. The molecule has 0 bridgehead atoms. The average Bonchev–Trinajstić information content (AvgIpc) is 2.87. The molecule has 0 aliphatic heterocycles. The van der Waals surface area contributed by atoms with Crippen LogP contribution in [0.2, 0.25) is 0 Å². The molecule has 96 valence electrons. The van der Waals surface area contributed by atoms with Crippen molar-refractivity contribution in [3.63, 3.8) is 0 Å². The van der Waals surface area contributed by atoms with Crippen molar-refractivity contribution in [3.05, 3.63) is 18.2 Å². The largest absolute Gasteiger partial charge is 0.383 e. The molecule has 0 saturated heterocycles. The van der Waals surface area contributed by atoms with Crippen molar-refractivity contribution in [3.8, 4) is 0 Å². The molecule has 18 heavy (non-hydrogen) atoms. The topological polar surface area (TPSA) is 63.8 Å². The maximum atomic E-state index is 5.93. The summed E-state index contributed by atoms with van der Waals surface area (Å²) >= 11 is 1.27. The highest BCUT2D eigenvalue weighted by molar-refractivity contribution is 7.00. The Bertz CT molecular complexity index is 516. The monoisotopic (exact) mass is 262 g/mol. The third-order valence-corrected chi connectivity index (χ3v) is 4.30. The highest BCUT2D eigenvalue weighted by Gasteiger charge is 2.18. The minimum Gasteiger partial charge on any atom is -0.383 e. The van der Waals surface area contributed by atoms with Crippen molar-refractivity contribution >= 4 is 28.4 Å². The smallest absolute Gasteiger partial charge is 0.127 e. The van der Waals surface area contributed by atoms with E-state index in [4.69, 9.17) is 5.73 Å². The summed E-state index contributed by atoms with van der Waals surface area (Å²) < 4.78 is 8.60. The van der Waals surface area contributed by atoms with Crippen LogP contribution in [0.25, 0.3) is 11.0 Å². The van der Waals surface area contributed by atoms with Crippen LogP contribution in [0.4, 0.5) is 5.69 Å². The Morgan fingerprint density at radius 2 is 2.06 bits per heavy atom. The Morgan fingerprint density at radius 3 is 2.89 bits per heavy atom. The van der Waals surface area contributed by atoms with Gasteiger partial charge in [-0.25, -0.2) is 0 Å². The maximum Gasteiger partial charge on any atom is 0.127 e. The van der Waals surface area contributed by atoms with Gasteiger partial charge >= 0.3 is 0 Å². The number of hydrogen-bond acceptors (Lipinski definition) is 5. The molecule has 1 fully saturated rings. The van der Waals surface area contributed by atoms with Crippen LogP contribution in [-0.4, -0.2) is 21.3 Å². The summed E-state index contributed by atoms with van der Waals surface area (Å²) in [6, 6.07) is 6.54. The van der Waals surface area contributed by atoms with Crippen molar-refractivity contribution in [2.75, 3.05) is 11.9 Å². The summed E-state index contributed by atoms with van der Waals surface area (Å²) in [4.78, 5) is 0. The zero-order chi connectivity index (χ0) is 12.4. The summed E-state index contributed by atoms with van der Waals surface area (Å²) in [5.74, 6) is 0.742. The van der Waals surface area contributed by atoms with Gasteiger partial charge in [-0.3, -0.25) is 0 Å². The quantitative estimate of drug-likeness (QED) is 0.892. The van der Waals surface area contributed by atoms with Gasteiger partial charge in [-0.1, -0.05) is 6.07 Å². The molecule has 4 nitrogen and oxygen atoms in total. The second-order valence-corrected chi connectivity index (χ2v) is 5.63. The Labute approximate surface area is 111 Å². The first-order valence-electron chi connectivity index (χ1n) is 6.53. The number of hydrogen-bond donors (Lipinski definition) is 2. The summed E-state index contributed by atoms with van der Waals surface area (Å²) in [5, 5.41) is 3.52. The predicted molar refractivity (Wildman–Crippen MR) is 75.8 cm³/mol. The van der Waals surface area contributed by atoms with Crippen LogP contribution in [0.3, 0.4) is 0 Å². The number of aromatic nitrogens is 2. The normalized spacial score (nSPS) is 24.3. The Hall–Kier alpha value is -1.20. The van der Waals surface area contributed by atoms with E-state index in [-0.39, 0.29) is 0 Å². The lowest BCUT2D eigenvalue weighted by atomic mass is 9.86. The molecule has 0 spiro atoms. The van der Waals surface area contributed by atoms with Crippen molar-refractivity contribution in [1.29, 1.82) is 0 Å². The van der Waals surface area contributed by atoms with Gasteiger partial charge in [0.2, 0.25) is 0 Å². The molecule has 0 atom stereocenters. The second-order valence-electron chi connectivity index (χ2n) is 5.10. The molecule has 1 aromatic carbocycles. The highest BCUT2D eigenvalue weighted by atomic mass is 32.1. The molecule has 1 heterocycles. The molecule has 1 aromatic heterocycles. The lowest BCUT2D eigenvalue weighted by molar-refractivity contribution is 0.339. The first-order valence-corrected chi connectivity index (χ1v) is 7.26. The second kappa shape index (κ2) is 5.20. The zero-order valence-electron chi connectivity index (χ0n) is 10.3. The number of nitrogens with two attached hydrogens (primary N) is 1. The van der Waals surface area contributed by atoms with E-state index in [1.807, 2.05) is 12.1 Å². The molecule has 0 amide bonds. The van der Waals surface area contributed by atoms with Crippen molar-refractivity contribution in [2.45, 2.75) is 31.7 Å². The molecule has 5 heteroatoms. The van der Waals surface area contributed by atoms with E-state index in [1.54, 1.807) is 0 Å². The average molecular weight is 262 g/mol. The van der Waals surface area contributed by atoms with Crippen LogP contribution in [0.1, 0.15) is 25.7 Å². The number of nitrogens with zero attached hydrogens (tertiary/aromatic N) is 2. The van der Waals surface area contributed by atoms with Gasteiger partial charge in [0.05, 0.1) is 17.4 Å². The van der Waals surface area contributed by atoms with Crippen LogP contribution in [0, 0.1) is 5.92 Å². The van der Waals surface area contributed by atoms with Gasteiger partial charge in [0.15, 0.2) is 0 Å². The Morgan fingerprint density at radius 1 is 1.22 bits per heavy atom. The third kappa shape index (κ3) is 2.47. The molecule has 1 saturated carbocycles. The van der Waals surface area contributed by atoms with Gasteiger partial charge < -0.3 is 11.1 Å². The van der Waals surface area contributed by atoms with Gasteiger partial charge in [0.1, 0.15) is 11.0 Å². The fourth-order valence-electron chi connectivity index (χ4n) is 2.60. The van der Waals surface area contributed by atoms with E-state index in [9.17, 15) is 0 Å². The van der Waals surface area contributed by atoms with Gasteiger partial charge in [0, 0.05) is 12.6 Å². The van der Waals surface area contributed by atoms with Gasteiger partial charge in [-0.15, -0.1) is 0 Å². The van der Waals surface area contributed by atoms with Crippen LogP contribution >= 0.6 is 11.7 Å². The number of fused-ring (bicyclic) bond motifs is 1. The minimum atomic E-state index is 0.424. The van der Waals surface area contributed by atoms with E-state index >= 15 is 0 Å². The number of rotatable bonds is 3. The van der Waals surface area contributed by atoms with E-state index in [0.717, 1.165) is 42.0 Å². The maximum absolute atomic E-state index is 5.93. The van der Waals surface area contributed by atoms with Crippen LogP contribution in [0.15, 0.2) is 18.2 Å². The molecule has 2 aromatic rings. The van der Waals surface area contributed by atoms with E-state index in [0.29, 0.717) is 6.04 Å². The first kappa shape index (κ1) is 11.9. The third-order valence-electron chi connectivity index (χ3n) is 3.76. The van der Waals surface area contributed by atoms with Gasteiger partial charge in [-0.2, -0.15) is 8.75 Å². The van der Waals surface area contributed by atoms with E-state index in [1.165, 1.54) is 24.6 Å². The summed E-state index contributed by atoms with van der Waals surface area (Å²) in [5.41, 5.74) is 9.01. The predicted octanol–water partition coefficient (Wildman–Crippen LogP) is 2.62. The van der Waals surface area contributed by atoms with Gasteiger partial charge in [-0.05, 0) is 43.7 Å². The lowest BCUT2D eigenvalue weighted by Crippen LogP contribution is -2.29. The summed E-state index contributed by atoms with van der Waals surface area (Å²) in [6.07, 6.45) is 4.79. The minimum absolute atomic E-state index is 0.424. The fraction of sp³-hybridized carbons (Fsp3) is 0.538. The Balaban J connectivity index is 1.64. The highest BCUT2D eigenvalue weighted by Crippen LogP contribution is 2.25. The van der Waals surface area contributed by atoms with E-state index < -0.39 is 0 Å². The molecule has 3 N–H and O–H groups in total. The number of nitrogens with one attached hydrogen (secondary N) is 1.